The van der Waals surface area contributed by atoms with Gasteiger partial charge < -0.3 is 15.2 Å². The van der Waals surface area contributed by atoms with Gasteiger partial charge in [0, 0.05) is 21.8 Å². The summed E-state index contributed by atoms with van der Waals surface area (Å²) in [7, 11) is 1.43. The number of hydrogen-bond acceptors (Lipinski definition) is 3. The Kier molecular flexibility index (Phi) is 5.07. The number of halogens is 2. The first-order valence-corrected chi connectivity index (χ1v) is 7.43. The molecule has 2 rings (SSSR count). The third-order valence-electron chi connectivity index (χ3n) is 3.27. The van der Waals surface area contributed by atoms with E-state index in [1.54, 1.807) is 24.3 Å². The molecule has 21 heavy (non-hydrogen) atoms. The van der Waals surface area contributed by atoms with E-state index in [1.807, 2.05) is 13.0 Å². The molecular weight excluding hydrogens is 337 g/mol. The third-order valence-corrected chi connectivity index (χ3v) is 3.76. The summed E-state index contributed by atoms with van der Waals surface area (Å²) in [5.74, 6) is 0.00116. The SMILES string of the molecule is CCC(Nc1ccc(OC)c(F)c1)c1cc(Br)ccc1O. The van der Waals surface area contributed by atoms with Crippen LogP contribution in [0.4, 0.5) is 10.1 Å². The van der Waals surface area contributed by atoms with Crippen molar-refractivity contribution in [3.8, 4) is 11.5 Å². The van der Waals surface area contributed by atoms with Crippen LogP contribution in [-0.4, -0.2) is 12.2 Å². The smallest absolute Gasteiger partial charge is 0.167 e. The monoisotopic (exact) mass is 353 g/mol. The van der Waals surface area contributed by atoms with Gasteiger partial charge in [-0.15, -0.1) is 0 Å². The van der Waals surface area contributed by atoms with Crippen molar-refractivity contribution in [3.63, 3.8) is 0 Å². The van der Waals surface area contributed by atoms with Crippen molar-refractivity contribution in [2.45, 2.75) is 19.4 Å². The summed E-state index contributed by atoms with van der Waals surface area (Å²) in [5, 5.41) is 13.2. The number of ether oxygens (including phenoxy) is 1. The molecule has 0 spiro atoms. The van der Waals surface area contributed by atoms with E-state index < -0.39 is 5.82 Å². The van der Waals surface area contributed by atoms with E-state index in [2.05, 4.69) is 21.2 Å². The maximum atomic E-state index is 13.7. The zero-order valence-corrected chi connectivity index (χ0v) is 13.4. The van der Waals surface area contributed by atoms with Crippen LogP contribution in [0, 0.1) is 5.82 Å². The van der Waals surface area contributed by atoms with Gasteiger partial charge in [-0.25, -0.2) is 4.39 Å². The summed E-state index contributed by atoms with van der Waals surface area (Å²) < 4.78 is 19.5. The first kappa shape index (κ1) is 15.6. The first-order chi connectivity index (χ1) is 10.0. The first-order valence-electron chi connectivity index (χ1n) is 6.63. The van der Waals surface area contributed by atoms with Crippen molar-refractivity contribution in [2.24, 2.45) is 0 Å². The summed E-state index contributed by atoms with van der Waals surface area (Å²) in [6.45, 7) is 2.00. The molecule has 0 aliphatic carbocycles. The van der Waals surface area contributed by atoms with E-state index in [9.17, 15) is 9.50 Å². The fourth-order valence-electron chi connectivity index (χ4n) is 2.16. The van der Waals surface area contributed by atoms with E-state index >= 15 is 0 Å². The number of phenolic OH excluding ortho intramolecular Hbond substituents is 1. The van der Waals surface area contributed by atoms with Crippen LogP contribution in [-0.2, 0) is 0 Å². The van der Waals surface area contributed by atoms with Gasteiger partial charge in [-0.1, -0.05) is 22.9 Å². The molecule has 2 aromatic carbocycles. The van der Waals surface area contributed by atoms with E-state index in [1.165, 1.54) is 13.2 Å². The van der Waals surface area contributed by atoms with Gasteiger partial charge in [-0.3, -0.25) is 0 Å². The second-order valence-electron chi connectivity index (χ2n) is 4.66. The lowest BCUT2D eigenvalue weighted by Crippen LogP contribution is -2.10. The van der Waals surface area contributed by atoms with Crippen molar-refractivity contribution in [1.82, 2.24) is 0 Å². The second kappa shape index (κ2) is 6.80. The van der Waals surface area contributed by atoms with Crippen LogP contribution in [0.3, 0.4) is 0 Å². The minimum absolute atomic E-state index is 0.115. The van der Waals surface area contributed by atoms with Gasteiger partial charge in [0.1, 0.15) is 5.75 Å². The van der Waals surface area contributed by atoms with E-state index in [0.717, 1.165) is 16.5 Å². The van der Waals surface area contributed by atoms with Gasteiger partial charge in [0.2, 0.25) is 0 Å². The van der Waals surface area contributed by atoms with Crippen molar-refractivity contribution < 1.29 is 14.2 Å². The molecule has 2 aromatic rings. The van der Waals surface area contributed by atoms with Crippen LogP contribution in [0.1, 0.15) is 24.9 Å². The molecule has 0 aliphatic heterocycles. The second-order valence-corrected chi connectivity index (χ2v) is 5.57. The molecule has 2 N–H and O–H groups in total. The third kappa shape index (κ3) is 3.67. The zero-order chi connectivity index (χ0) is 15.4. The molecule has 0 aliphatic rings. The van der Waals surface area contributed by atoms with Gasteiger partial charge in [-0.2, -0.15) is 0 Å². The van der Waals surface area contributed by atoms with Crippen molar-refractivity contribution in [2.75, 3.05) is 12.4 Å². The number of phenols is 1. The van der Waals surface area contributed by atoms with E-state index in [0.29, 0.717) is 5.69 Å². The predicted octanol–water partition coefficient (Wildman–Crippen LogP) is 4.87. The molecule has 1 atom stereocenters. The highest BCUT2D eigenvalue weighted by Gasteiger charge is 2.15. The topological polar surface area (TPSA) is 41.5 Å². The van der Waals surface area contributed by atoms with Gasteiger partial charge in [-0.05, 0) is 36.8 Å². The van der Waals surface area contributed by atoms with Gasteiger partial charge in [0.25, 0.3) is 0 Å². The summed E-state index contributed by atoms with van der Waals surface area (Å²) in [6, 6.07) is 9.87. The molecule has 1 unspecified atom stereocenters. The number of aromatic hydroxyl groups is 1. The normalized spacial score (nSPS) is 12.0. The summed E-state index contributed by atoms with van der Waals surface area (Å²) in [4.78, 5) is 0. The number of nitrogens with one attached hydrogen (secondary N) is 1. The van der Waals surface area contributed by atoms with Crippen LogP contribution < -0.4 is 10.1 Å². The molecule has 0 aromatic heterocycles. The molecule has 0 heterocycles. The van der Waals surface area contributed by atoms with Crippen LogP contribution in [0.25, 0.3) is 0 Å². The molecule has 112 valence electrons. The number of rotatable bonds is 5. The van der Waals surface area contributed by atoms with Crippen LogP contribution >= 0.6 is 15.9 Å². The molecule has 0 saturated carbocycles. The Hall–Kier alpha value is -1.75. The molecule has 0 bridgehead atoms. The van der Waals surface area contributed by atoms with Crippen LogP contribution in [0.2, 0.25) is 0 Å². The van der Waals surface area contributed by atoms with E-state index in [4.69, 9.17) is 4.74 Å². The lowest BCUT2D eigenvalue weighted by molar-refractivity contribution is 0.386. The van der Waals surface area contributed by atoms with Gasteiger partial charge in [0.15, 0.2) is 11.6 Å². The Labute approximate surface area is 131 Å². The molecule has 5 heteroatoms. The minimum atomic E-state index is -0.421. The number of anilines is 1. The minimum Gasteiger partial charge on any atom is -0.508 e. The van der Waals surface area contributed by atoms with Gasteiger partial charge >= 0.3 is 0 Å². The number of hydrogen-bond donors (Lipinski definition) is 2. The van der Waals surface area contributed by atoms with E-state index in [-0.39, 0.29) is 17.5 Å². The predicted molar refractivity (Wildman–Crippen MR) is 85.4 cm³/mol. The van der Waals surface area contributed by atoms with Crippen molar-refractivity contribution in [3.05, 3.63) is 52.3 Å². The maximum Gasteiger partial charge on any atom is 0.167 e. The molecule has 0 fully saturated rings. The number of methoxy groups -OCH3 is 1. The van der Waals surface area contributed by atoms with Crippen molar-refractivity contribution in [1.29, 1.82) is 0 Å². The lowest BCUT2D eigenvalue weighted by Gasteiger charge is -2.20. The Balaban J connectivity index is 2.26. The molecule has 0 amide bonds. The average Bonchev–Trinajstić information content (AvgIpc) is 2.47. The van der Waals surface area contributed by atoms with Crippen LogP contribution in [0.5, 0.6) is 11.5 Å². The Morgan fingerprint density at radius 3 is 2.67 bits per heavy atom. The highest BCUT2D eigenvalue weighted by atomic mass is 79.9. The fourth-order valence-corrected chi connectivity index (χ4v) is 2.54. The molecule has 0 saturated heterocycles. The largest absolute Gasteiger partial charge is 0.508 e. The van der Waals surface area contributed by atoms with Crippen LogP contribution in [0.15, 0.2) is 40.9 Å². The lowest BCUT2D eigenvalue weighted by atomic mass is 10.0. The zero-order valence-electron chi connectivity index (χ0n) is 11.9. The Morgan fingerprint density at radius 2 is 2.05 bits per heavy atom. The molecule has 0 radical (unpaired) electrons. The molecular formula is C16H17BrFNO2. The van der Waals surface area contributed by atoms with Gasteiger partial charge in [0.05, 0.1) is 13.2 Å². The highest BCUT2D eigenvalue weighted by Crippen LogP contribution is 2.32. The highest BCUT2D eigenvalue weighted by molar-refractivity contribution is 9.10. The average molecular weight is 354 g/mol. The summed E-state index contributed by atoms with van der Waals surface area (Å²) >= 11 is 3.39. The fraction of sp³-hybridized carbons (Fsp3) is 0.250. The van der Waals surface area contributed by atoms with Crippen molar-refractivity contribution >= 4 is 21.6 Å². The Bertz CT molecular complexity index is 634. The maximum absolute atomic E-state index is 13.7. The number of benzene rings is 2. The summed E-state index contributed by atoms with van der Waals surface area (Å²) in [6.07, 6.45) is 0.748. The Morgan fingerprint density at radius 1 is 1.29 bits per heavy atom. The summed E-state index contributed by atoms with van der Waals surface area (Å²) in [5.41, 5.74) is 1.41. The standard InChI is InChI=1S/C16H17BrFNO2/c1-3-14(12-8-10(17)4-6-15(12)20)19-11-5-7-16(21-2)13(18)9-11/h4-9,14,19-20H,3H2,1-2H3. The molecule has 3 nitrogen and oxygen atoms in total. The quantitative estimate of drug-likeness (QED) is 0.805.